The van der Waals surface area contributed by atoms with Gasteiger partial charge >= 0.3 is 0 Å². The van der Waals surface area contributed by atoms with E-state index in [2.05, 4.69) is 37.3 Å². The number of nitrogens with one attached hydrogen (secondary N) is 1. The molecule has 7 nitrogen and oxygen atoms in total. The minimum absolute atomic E-state index is 0.207. The highest BCUT2D eigenvalue weighted by Crippen LogP contribution is 2.27. The maximum atomic E-state index is 12.7. The summed E-state index contributed by atoms with van der Waals surface area (Å²) in [4.78, 5) is 28.4. The third kappa shape index (κ3) is 5.24. The number of pyridine rings is 1. The lowest BCUT2D eigenvalue weighted by Crippen LogP contribution is -2.33. The predicted octanol–water partition coefficient (Wildman–Crippen LogP) is 3.82. The lowest BCUT2D eigenvalue weighted by atomic mass is 9.95. The van der Waals surface area contributed by atoms with Crippen LogP contribution in [-0.4, -0.2) is 46.0 Å². The van der Waals surface area contributed by atoms with E-state index in [1.54, 1.807) is 25.4 Å². The number of likely N-dealkylation sites (tertiary alicyclic amines) is 1. The first kappa shape index (κ1) is 20.9. The Hall–Kier alpha value is -3.32. The van der Waals surface area contributed by atoms with Gasteiger partial charge in [-0.1, -0.05) is 0 Å². The van der Waals surface area contributed by atoms with Crippen LogP contribution in [0.4, 0.5) is 5.69 Å². The number of piperidine rings is 1. The molecular formula is C24H27N5O2. The van der Waals surface area contributed by atoms with Crippen molar-refractivity contribution in [2.75, 3.05) is 25.5 Å². The van der Waals surface area contributed by atoms with Crippen LogP contribution in [0.15, 0.2) is 55.0 Å². The van der Waals surface area contributed by atoms with Gasteiger partial charge in [-0.25, -0.2) is 9.97 Å². The Labute approximate surface area is 182 Å². The Kier molecular flexibility index (Phi) is 6.52. The summed E-state index contributed by atoms with van der Waals surface area (Å²) in [6.07, 6.45) is 7.36. The van der Waals surface area contributed by atoms with Crippen LogP contribution in [0.3, 0.4) is 0 Å². The Morgan fingerprint density at radius 2 is 1.84 bits per heavy atom. The molecule has 0 radical (unpaired) electrons. The Balaban J connectivity index is 1.35. The number of carbonyl (C=O) groups is 1. The molecule has 0 unspecified atom stereocenters. The monoisotopic (exact) mass is 417 g/mol. The lowest BCUT2D eigenvalue weighted by Gasteiger charge is -2.31. The number of hydrogen-bond acceptors (Lipinski definition) is 6. The van der Waals surface area contributed by atoms with Gasteiger partial charge in [-0.2, -0.15) is 0 Å². The number of rotatable bonds is 6. The summed E-state index contributed by atoms with van der Waals surface area (Å²) in [5, 5.41) is 2.89. The van der Waals surface area contributed by atoms with E-state index in [-0.39, 0.29) is 5.91 Å². The van der Waals surface area contributed by atoms with Crippen LogP contribution < -0.4 is 10.1 Å². The number of amides is 1. The second-order valence-electron chi connectivity index (χ2n) is 7.82. The first-order valence-electron chi connectivity index (χ1n) is 10.5. The van der Waals surface area contributed by atoms with Gasteiger partial charge in [0.25, 0.3) is 5.91 Å². The Morgan fingerprint density at radius 1 is 1.13 bits per heavy atom. The molecule has 31 heavy (non-hydrogen) atoms. The average molecular weight is 418 g/mol. The molecule has 7 heteroatoms. The topological polar surface area (TPSA) is 80.2 Å². The van der Waals surface area contributed by atoms with Gasteiger partial charge in [-0.15, -0.1) is 0 Å². The average Bonchev–Trinajstić information content (AvgIpc) is 2.80. The van der Waals surface area contributed by atoms with E-state index in [9.17, 15) is 4.79 Å². The number of hydrogen-bond donors (Lipinski definition) is 1. The molecule has 2 aromatic heterocycles. The summed E-state index contributed by atoms with van der Waals surface area (Å²) in [7, 11) is 1.61. The molecule has 0 bridgehead atoms. The number of ether oxygens (including phenoxy) is 1. The summed E-state index contributed by atoms with van der Waals surface area (Å²) < 4.78 is 5.15. The number of benzene rings is 1. The SMILES string of the molecule is COc1ccc(NC(=O)c2cnc(C3CCN(Cc4ccncc4)CC3)nc2C)cc1. The molecule has 1 aromatic carbocycles. The summed E-state index contributed by atoms with van der Waals surface area (Å²) in [5.41, 5.74) is 3.19. The first-order chi connectivity index (χ1) is 15.1. The molecule has 1 aliphatic heterocycles. The number of carbonyl (C=O) groups excluding carboxylic acids is 1. The molecule has 0 saturated carbocycles. The van der Waals surface area contributed by atoms with Crippen molar-refractivity contribution in [3.8, 4) is 5.75 Å². The summed E-state index contributed by atoms with van der Waals surface area (Å²) in [6.45, 7) is 4.83. The maximum Gasteiger partial charge on any atom is 0.259 e. The number of anilines is 1. The van der Waals surface area contributed by atoms with Crippen molar-refractivity contribution >= 4 is 11.6 Å². The second-order valence-corrected chi connectivity index (χ2v) is 7.82. The Bertz CT molecular complexity index is 1020. The fraction of sp³-hybridized carbons (Fsp3) is 0.333. The lowest BCUT2D eigenvalue weighted by molar-refractivity contribution is 0.102. The van der Waals surface area contributed by atoms with Crippen LogP contribution in [0, 0.1) is 6.92 Å². The minimum atomic E-state index is -0.207. The van der Waals surface area contributed by atoms with E-state index in [1.807, 2.05) is 31.5 Å². The fourth-order valence-corrected chi connectivity index (χ4v) is 3.87. The van der Waals surface area contributed by atoms with Crippen molar-refractivity contribution in [3.05, 3.63) is 77.6 Å². The van der Waals surface area contributed by atoms with Gasteiger partial charge in [-0.3, -0.25) is 14.7 Å². The molecule has 0 atom stereocenters. The van der Waals surface area contributed by atoms with Crippen molar-refractivity contribution in [3.63, 3.8) is 0 Å². The van der Waals surface area contributed by atoms with Gasteiger partial charge in [0.15, 0.2) is 0 Å². The molecule has 1 fully saturated rings. The van der Waals surface area contributed by atoms with Crippen molar-refractivity contribution < 1.29 is 9.53 Å². The molecule has 1 amide bonds. The molecule has 4 rings (SSSR count). The molecule has 160 valence electrons. The van der Waals surface area contributed by atoms with Crippen LogP contribution in [0.5, 0.6) is 5.75 Å². The number of nitrogens with zero attached hydrogens (tertiary/aromatic N) is 4. The second kappa shape index (κ2) is 9.66. The molecule has 0 aliphatic carbocycles. The zero-order valence-electron chi connectivity index (χ0n) is 17.9. The molecule has 3 aromatic rings. The third-order valence-electron chi connectivity index (χ3n) is 5.70. The van der Waals surface area contributed by atoms with Crippen molar-refractivity contribution in [2.45, 2.75) is 32.2 Å². The summed E-state index contributed by atoms with van der Waals surface area (Å²) >= 11 is 0. The van der Waals surface area contributed by atoms with Crippen molar-refractivity contribution in [1.82, 2.24) is 19.9 Å². The van der Waals surface area contributed by atoms with Gasteiger partial charge in [0.05, 0.1) is 18.4 Å². The van der Waals surface area contributed by atoms with E-state index in [0.717, 1.165) is 44.0 Å². The number of methoxy groups -OCH3 is 1. The van der Waals surface area contributed by atoms with Crippen molar-refractivity contribution in [1.29, 1.82) is 0 Å². The van der Waals surface area contributed by atoms with Gasteiger partial charge in [0.1, 0.15) is 11.6 Å². The zero-order valence-corrected chi connectivity index (χ0v) is 17.9. The first-order valence-corrected chi connectivity index (χ1v) is 10.5. The number of aromatic nitrogens is 3. The minimum Gasteiger partial charge on any atom is -0.497 e. The molecule has 0 spiro atoms. The van der Waals surface area contributed by atoms with Gasteiger partial charge in [0.2, 0.25) is 0 Å². The van der Waals surface area contributed by atoms with Crippen molar-refractivity contribution in [2.24, 2.45) is 0 Å². The largest absolute Gasteiger partial charge is 0.497 e. The highest BCUT2D eigenvalue weighted by atomic mass is 16.5. The van der Waals surface area contributed by atoms with E-state index in [0.29, 0.717) is 22.9 Å². The van der Waals surface area contributed by atoms with Crippen LogP contribution in [0.2, 0.25) is 0 Å². The van der Waals surface area contributed by atoms with Gasteiger partial charge in [0, 0.05) is 36.7 Å². The van der Waals surface area contributed by atoms with E-state index in [4.69, 9.17) is 4.74 Å². The highest BCUT2D eigenvalue weighted by molar-refractivity contribution is 6.04. The highest BCUT2D eigenvalue weighted by Gasteiger charge is 2.24. The standard InChI is InChI=1S/C24H27N5O2/c1-17-22(24(30)28-20-3-5-21(31-2)6-4-20)15-26-23(27-17)19-9-13-29(14-10-19)16-18-7-11-25-12-8-18/h3-8,11-12,15,19H,9-10,13-14,16H2,1-2H3,(H,28,30). The van der Waals surface area contributed by atoms with Crippen LogP contribution in [-0.2, 0) is 6.54 Å². The molecule has 1 saturated heterocycles. The molecule has 1 N–H and O–H groups in total. The third-order valence-corrected chi connectivity index (χ3v) is 5.70. The van der Waals surface area contributed by atoms with E-state index in [1.165, 1.54) is 5.56 Å². The number of aryl methyl sites for hydroxylation is 1. The van der Waals surface area contributed by atoms with E-state index >= 15 is 0 Å². The van der Waals surface area contributed by atoms with Gasteiger partial charge in [-0.05, 0) is 74.8 Å². The predicted molar refractivity (Wildman–Crippen MR) is 119 cm³/mol. The van der Waals surface area contributed by atoms with Crippen LogP contribution in [0.1, 0.15) is 46.2 Å². The summed E-state index contributed by atoms with van der Waals surface area (Å²) in [5.74, 6) is 1.70. The van der Waals surface area contributed by atoms with Crippen LogP contribution >= 0.6 is 0 Å². The van der Waals surface area contributed by atoms with Gasteiger partial charge < -0.3 is 10.1 Å². The smallest absolute Gasteiger partial charge is 0.259 e. The fourth-order valence-electron chi connectivity index (χ4n) is 3.87. The Morgan fingerprint density at radius 3 is 2.48 bits per heavy atom. The summed E-state index contributed by atoms with van der Waals surface area (Å²) in [6, 6.07) is 11.4. The zero-order chi connectivity index (χ0) is 21.6. The normalized spacial score (nSPS) is 14.9. The van der Waals surface area contributed by atoms with Crippen LogP contribution in [0.25, 0.3) is 0 Å². The molecule has 1 aliphatic rings. The quantitative estimate of drug-likeness (QED) is 0.657. The molecular weight excluding hydrogens is 390 g/mol. The maximum absolute atomic E-state index is 12.7. The molecule has 3 heterocycles. The van der Waals surface area contributed by atoms with E-state index < -0.39 is 0 Å².